The van der Waals surface area contributed by atoms with Gasteiger partial charge in [0.2, 0.25) is 0 Å². The molecule has 0 atom stereocenters. The van der Waals surface area contributed by atoms with E-state index in [1.54, 1.807) is 13.2 Å². The Labute approximate surface area is 139 Å². The summed E-state index contributed by atoms with van der Waals surface area (Å²) in [5.74, 6) is 1.27. The lowest BCUT2D eigenvalue weighted by atomic mass is 10.1. The Bertz CT molecular complexity index is 498. The van der Waals surface area contributed by atoms with Gasteiger partial charge in [0.05, 0.1) is 12.1 Å². The molecule has 2 N–H and O–H groups in total. The van der Waals surface area contributed by atoms with Gasteiger partial charge in [-0.3, -0.25) is 0 Å². The minimum Gasteiger partial charge on any atom is -0.504 e. The van der Waals surface area contributed by atoms with E-state index < -0.39 is 0 Å². The van der Waals surface area contributed by atoms with Crippen molar-refractivity contribution in [3.63, 3.8) is 0 Å². The summed E-state index contributed by atoms with van der Waals surface area (Å²) in [5, 5.41) is 12.8. The SMILES string of the molecule is COc1cc(CNC(=S)CCCC/C=C/C(C)C)ccc1O. The quantitative estimate of drug-likeness (QED) is 0.396. The molecule has 0 bridgehead atoms. The molecule has 0 aliphatic rings. The fourth-order valence-electron chi connectivity index (χ4n) is 2.04. The molecule has 3 nitrogen and oxygen atoms in total. The topological polar surface area (TPSA) is 41.5 Å². The number of hydrogen-bond acceptors (Lipinski definition) is 3. The Hall–Kier alpha value is -1.55. The van der Waals surface area contributed by atoms with Gasteiger partial charge < -0.3 is 15.2 Å². The Morgan fingerprint density at radius 1 is 1.36 bits per heavy atom. The predicted molar refractivity (Wildman–Crippen MR) is 96.5 cm³/mol. The van der Waals surface area contributed by atoms with E-state index in [9.17, 15) is 5.11 Å². The van der Waals surface area contributed by atoms with Gasteiger partial charge in [0.25, 0.3) is 0 Å². The summed E-state index contributed by atoms with van der Waals surface area (Å²) < 4.78 is 5.09. The Balaban J connectivity index is 2.23. The van der Waals surface area contributed by atoms with Crippen LogP contribution in [0.2, 0.25) is 0 Å². The average Bonchev–Trinajstić information content (AvgIpc) is 2.49. The molecule has 122 valence electrons. The molecule has 0 saturated heterocycles. The summed E-state index contributed by atoms with van der Waals surface area (Å²) in [6.45, 7) is 5.03. The molecule has 22 heavy (non-hydrogen) atoms. The van der Waals surface area contributed by atoms with Crippen molar-refractivity contribution in [1.82, 2.24) is 5.32 Å². The number of hydrogen-bond donors (Lipinski definition) is 2. The summed E-state index contributed by atoms with van der Waals surface area (Å²) in [4.78, 5) is 0.889. The van der Waals surface area contributed by atoms with E-state index in [1.165, 1.54) is 0 Å². The molecular formula is C18H27NO2S. The van der Waals surface area contributed by atoms with Gasteiger partial charge in [0.15, 0.2) is 11.5 Å². The molecule has 0 fully saturated rings. The van der Waals surface area contributed by atoms with Gasteiger partial charge >= 0.3 is 0 Å². The third kappa shape index (κ3) is 7.46. The average molecular weight is 321 g/mol. The van der Waals surface area contributed by atoms with Gasteiger partial charge in [0.1, 0.15) is 0 Å². The fraction of sp³-hybridized carbons (Fsp3) is 0.500. The molecule has 0 aliphatic heterocycles. The maximum absolute atomic E-state index is 9.56. The second kappa shape index (κ2) is 10.2. The molecule has 1 aromatic rings. The molecule has 0 spiro atoms. The highest BCUT2D eigenvalue weighted by Gasteiger charge is 2.03. The molecule has 0 amide bonds. The molecule has 1 rings (SSSR count). The van der Waals surface area contributed by atoms with Crippen molar-refractivity contribution in [1.29, 1.82) is 0 Å². The van der Waals surface area contributed by atoms with Crippen molar-refractivity contribution >= 4 is 17.2 Å². The summed E-state index contributed by atoms with van der Waals surface area (Å²) in [6.07, 6.45) is 8.81. The first-order valence-corrected chi connectivity index (χ1v) is 8.23. The van der Waals surface area contributed by atoms with Gasteiger partial charge in [-0.25, -0.2) is 0 Å². The molecule has 0 aromatic heterocycles. The number of nitrogens with one attached hydrogen (secondary N) is 1. The number of benzene rings is 1. The van der Waals surface area contributed by atoms with Crippen molar-refractivity contribution in [3.8, 4) is 11.5 Å². The van der Waals surface area contributed by atoms with Crippen LogP contribution in [0.15, 0.2) is 30.4 Å². The van der Waals surface area contributed by atoms with Crippen LogP contribution in [0.1, 0.15) is 45.1 Å². The van der Waals surface area contributed by atoms with Crippen LogP contribution in [0.5, 0.6) is 11.5 Å². The first-order chi connectivity index (χ1) is 10.5. The summed E-state index contributed by atoms with van der Waals surface area (Å²) in [7, 11) is 1.55. The lowest BCUT2D eigenvalue weighted by Crippen LogP contribution is -2.20. The van der Waals surface area contributed by atoms with Crippen LogP contribution in [-0.2, 0) is 6.54 Å². The number of aromatic hydroxyl groups is 1. The highest BCUT2D eigenvalue weighted by Crippen LogP contribution is 2.26. The second-order valence-corrected chi connectivity index (χ2v) is 6.19. The number of allylic oxidation sites excluding steroid dienone is 2. The fourth-order valence-corrected chi connectivity index (χ4v) is 2.25. The van der Waals surface area contributed by atoms with Crippen LogP contribution in [0.4, 0.5) is 0 Å². The highest BCUT2D eigenvalue weighted by atomic mass is 32.1. The summed E-state index contributed by atoms with van der Waals surface area (Å²) in [6, 6.07) is 5.33. The molecular weight excluding hydrogens is 294 g/mol. The number of unbranched alkanes of at least 4 members (excludes halogenated alkanes) is 2. The standard InChI is InChI=1S/C18H27NO2S/c1-14(2)8-6-4-5-7-9-18(22)19-13-15-10-11-16(20)17(12-15)21-3/h6,8,10-12,14,20H,4-5,7,9,13H2,1-3H3,(H,19,22)/b8-6+. The Morgan fingerprint density at radius 2 is 2.14 bits per heavy atom. The van der Waals surface area contributed by atoms with E-state index in [-0.39, 0.29) is 5.75 Å². The van der Waals surface area contributed by atoms with Crippen molar-refractivity contribution in [2.45, 2.75) is 46.1 Å². The molecule has 0 saturated carbocycles. The monoisotopic (exact) mass is 321 g/mol. The van der Waals surface area contributed by atoms with Gasteiger partial charge in [0, 0.05) is 6.54 Å². The number of phenolic OH excluding ortho intramolecular Hbond substituents is 1. The van der Waals surface area contributed by atoms with Crippen LogP contribution in [0, 0.1) is 5.92 Å². The number of ether oxygens (including phenoxy) is 1. The first-order valence-electron chi connectivity index (χ1n) is 7.82. The van der Waals surface area contributed by atoms with Crippen LogP contribution >= 0.6 is 12.2 Å². The third-order valence-corrected chi connectivity index (χ3v) is 3.63. The van der Waals surface area contributed by atoms with Gasteiger partial charge in [-0.1, -0.05) is 44.3 Å². The minimum atomic E-state index is 0.156. The second-order valence-electron chi connectivity index (χ2n) is 5.70. The lowest BCUT2D eigenvalue weighted by molar-refractivity contribution is 0.373. The van der Waals surface area contributed by atoms with Crippen LogP contribution in [0.25, 0.3) is 0 Å². The molecule has 4 heteroatoms. The van der Waals surface area contributed by atoms with Crippen molar-refractivity contribution in [2.75, 3.05) is 7.11 Å². The predicted octanol–water partition coefficient (Wildman–Crippen LogP) is 4.59. The molecule has 0 heterocycles. The number of thiocarbonyl (C=S) groups is 1. The van der Waals surface area contributed by atoms with Crippen molar-refractivity contribution in [2.24, 2.45) is 5.92 Å². The molecule has 0 unspecified atom stereocenters. The van der Waals surface area contributed by atoms with Crippen molar-refractivity contribution < 1.29 is 9.84 Å². The number of rotatable bonds is 9. The van der Waals surface area contributed by atoms with E-state index in [0.717, 1.165) is 36.2 Å². The Morgan fingerprint density at radius 3 is 2.82 bits per heavy atom. The summed E-state index contributed by atoms with van der Waals surface area (Å²) >= 11 is 5.35. The first kappa shape index (κ1) is 18.5. The smallest absolute Gasteiger partial charge is 0.160 e. The Kier molecular flexibility index (Phi) is 8.60. The van der Waals surface area contributed by atoms with E-state index in [0.29, 0.717) is 18.2 Å². The van der Waals surface area contributed by atoms with Crippen LogP contribution < -0.4 is 10.1 Å². The molecule has 0 radical (unpaired) electrons. The largest absolute Gasteiger partial charge is 0.504 e. The molecule has 0 aliphatic carbocycles. The van der Waals surface area contributed by atoms with E-state index >= 15 is 0 Å². The normalized spacial score (nSPS) is 11.1. The van der Waals surface area contributed by atoms with Crippen molar-refractivity contribution in [3.05, 3.63) is 35.9 Å². The third-order valence-electron chi connectivity index (χ3n) is 3.28. The van der Waals surface area contributed by atoms with Gasteiger partial charge in [-0.15, -0.1) is 0 Å². The zero-order chi connectivity index (χ0) is 16.4. The maximum Gasteiger partial charge on any atom is 0.160 e. The maximum atomic E-state index is 9.56. The van der Waals surface area contributed by atoms with E-state index in [2.05, 4.69) is 31.3 Å². The van der Waals surface area contributed by atoms with E-state index in [4.69, 9.17) is 17.0 Å². The van der Waals surface area contributed by atoms with Crippen LogP contribution in [-0.4, -0.2) is 17.2 Å². The number of methoxy groups -OCH3 is 1. The van der Waals surface area contributed by atoms with E-state index in [1.807, 2.05) is 12.1 Å². The molecule has 1 aromatic carbocycles. The zero-order valence-corrected chi connectivity index (χ0v) is 14.6. The van der Waals surface area contributed by atoms with Crippen LogP contribution in [0.3, 0.4) is 0 Å². The van der Waals surface area contributed by atoms with Gasteiger partial charge in [-0.2, -0.15) is 0 Å². The summed E-state index contributed by atoms with van der Waals surface area (Å²) in [5.41, 5.74) is 1.04. The lowest BCUT2D eigenvalue weighted by Gasteiger charge is -2.10. The minimum absolute atomic E-state index is 0.156. The van der Waals surface area contributed by atoms with Gasteiger partial charge in [-0.05, 0) is 49.3 Å². The highest BCUT2D eigenvalue weighted by molar-refractivity contribution is 7.80. The number of phenols is 1. The zero-order valence-electron chi connectivity index (χ0n) is 13.8.